The van der Waals surface area contributed by atoms with Crippen LogP contribution in [-0.4, -0.2) is 53.6 Å². The number of carbonyl (C=O) groups excluding carboxylic acids is 1. The molecule has 0 fully saturated rings. The van der Waals surface area contributed by atoms with Gasteiger partial charge in [0.05, 0.1) is 17.7 Å². The summed E-state index contributed by atoms with van der Waals surface area (Å²) in [4.78, 5) is 11.6. The van der Waals surface area contributed by atoms with Crippen molar-refractivity contribution < 1.29 is 22.7 Å². The van der Waals surface area contributed by atoms with Gasteiger partial charge in [0.1, 0.15) is 12.4 Å². The number of hydrogen-bond donors (Lipinski definition) is 1. The number of anilines is 1. The predicted octanol–water partition coefficient (Wildman–Crippen LogP) is 0.530. The molecule has 0 atom stereocenters. The van der Waals surface area contributed by atoms with E-state index in [0.717, 1.165) is 4.31 Å². The normalized spacial score (nSPS) is 11.4. The zero-order valence-corrected chi connectivity index (χ0v) is 12.7. The lowest BCUT2D eigenvalue weighted by molar-refractivity contribution is -0.119. The molecule has 0 unspecified atom stereocenters. The van der Waals surface area contributed by atoms with Gasteiger partial charge < -0.3 is 14.8 Å². The molecule has 0 spiro atoms. The number of methoxy groups -OCH3 is 2. The molecular weight excluding hydrogens is 284 g/mol. The molecule has 1 aromatic carbocycles. The summed E-state index contributed by atoms with van der Waals surface area (Å²) in [6, 6.07) is 4.25. The molecule has 20 heavy (non-hydrogen) atoms. The maximum atomic E-state index is 12.0. The van der Waals surface area contributed by atoms with Crippen LogP contribution in [0, 0.1) is 0 Å². The van der Waals surface area contributed by atoms with Gasteiger partial charge in [-0.05, 0) is 18.2 Å². The fourth-order valence-corrected chi connectivity index (χ4v) is 2.40. The van der Waals surface area contributed by atoms with E-state index in [2.05, 4.69) is 5.32 Å². The van der Waals surface area contributed by atoms with Crippen molar-refractivity contribution in [3.05, 3.63) is 18.2 Å². The van der Waals surface area contributed by atoms with Crippen molar-refractivity contribution in [2.45, 2.75) is 4.90 Å². The van der Waals surface area contributed by atoms with Crippen LogP contribution in [0.2, 0.25) is 0 Å². The number of amides is 1. The highest BCUT2D eigenvalue weighted by atomic mass is 32.2. The molecular formula is C12H18N2O5S. The van der Waals surface area contributed by atoms with E-state index in [1.165, 1.54) is 46.5 Å². The molecule has 1 N–H and O–H groups in total. The van der Waals surface area contributed by atoms with E-state index in [-0.39, 0.29) is 17.2 Å². The van der Waals surface area contributed by atoms with E-state index in [4.69, 9.17) is 9.47 Å². The molecule has 0 radical (unpaired) electrons. The fourth-order valence-electron chi connectivity index (χ4n) is 1.47. The summed E-state index contributed by atoms with van der Waals surface area (Å²) in [7, 11) is 2.11. The number of benzene rings is 1. The van der Waals surface area contributed by atoms with Crippen LogP contribution in [0.5, 0.6) is 5.75 Å². The molecule has 0 aliphatic heterocycles. The van der Waals surface area contributed by atoms with Gasteiger partial charge in [0.2, 0.25) is 15.9 Å². The highest BCUT2D eigenvalue weighted by molar-refractivity contribution is 7.89. The zero-order chi connectivity index (χ0) is 15.3. The van der Waals surface area contributed by atoms with E-state index in [9.17, 15) is 13.2 Å². The summed E-state index contributed by atoms with van der Waals surface area (Å²) in [5.41, 5.74) is 0.275. The van der Waals surface area contributed by atoms with Gasteiger partial charge >= 0.3 is 0 Å². The van der Waals surface area contributed by atoms with Crippen LogP contribution in [0.15, 0.2) is 23.1 Å². The standard InChI is InChI=1S/C12H18N2O5S/c1-14(2)20(16,17)9-5-6-11(19-4)10(7-9)13-12(15)8-18-3/h5-7H,8H2,1-4H3,(H,13,15). The summed E-state index contributed by atoms with van der Waals surface area (Å²) in [6.07, 6.45) is 0. The molecule has 1 amide bonds. The number of rotatable bonds is 6. The molecule has 0 bridgehead atoms. The third-order valence-corrected chi connectivity index (χ3v) is 4.31. The highest BCUT2D eigenvalue weighted by Gasteiger charge is 2.19. The Labute approximate surface area is 118 Å². The minimum Gasteiger partial charge on any atom is -0.495 e. The van der Waals surface area contributed by atoms with Crippen molar-refractivity contribution in [3.63, 3.8) is 0 Å². The Morgan fingerprint density at radius 3 is 2.45 bits per heavy atom. The van der Waals surface area contributed by atoms with Crippen LogP contribution < -0.4 is 10.1 Å². The van der Waals surface area contributed by atoms with Crippen LogP contribution in [0.4, 0.5) is 5.69 Å². The van der Waals surface area contributed by atoms with E-state index in [1.807, 2.05) is 0 Å². The molecule has 0 aromatic heterocycles. The van der Waals surface area contributed by atoms with Gasteiger partial charge in [-0.3, -0.25) is 4.79 Å². The Morgan fingerprint density at radius 1 is 1.30 bits per heavy atom. The minimum atomic E-state index is -3.58. The molecule has 0 heterocycles. The summed E-state index contributed by atoms with van der Waals surface area (Å²) < 4.78 is 35.0. The lowest BCUT2D eigenvalue weighted by Gasteiger charge is -2.15. The third-order valence-electron chi connectivity index (χ3n) is 2.50. The second-order valence-corrected chi connectivity index (χ2v) is 6.28. The third kappa shape index (κ3) is 3.69. The molecule has 1 aromatic rings. The molecule has 0 saturated carbocycles. The molecule has 112 valence electrons. The first-order valence-electron chi connectivity index (χ1n) is 5.72. The number of ether oxygens (including phenoxy) is 2. The number of carbonyl (C=O) groups is 1. The van der Waals surface area contributed by atoms with Crippen LogP contribution in [0.1, 0.15) is 0 Å². The molecule has 1 rings (SSSR count). The number of sulfonamides is 1. The average molecular weight is 302 g/mol. The van der Waals surface area contributed by atoms with Gasteiger partial charge in [-0.1, -0.05) is 0 Å². The maximum Gasteiger partial charge on any atom is 0.250 e. The monoisotopic (exact) mass is 302 g/mol. The van der Waals surface area contributed by atoms with Crippen LogP contribution in [0.3, 0.4) is 0 Å². The zero-order valence-electron chi connectivity index (χ0n) is 11.8. The molecule has 0 saturated heterocycles. The molecule has 0 aliphatic carbocycles. The van der Waals surface area contributed by atoms with Gasteiger partial charge in [-0.25, -0.2) is 12.7 Å². The number of nitrogens with one attached hydrogen (secondary N) is 1. The van der Waals surface area contributed by atoms with Crippen molar-refractivity contribution in [1.82, 2.24) is 4.31 Å². The second kappa shape index (κ2) is 6.69. The smallest absolute Gasteiger partial charge is 0.250 e. The fraction of sp³-hybridized carbons (Fsp3) is 0.417. The van der Waals surface area contributed by atoms with E-state index < -0.39 is 15.9 Å². The summed E-state index contributed by atoms with van der Waals surface area (Å²) in [5, 5.41) is 2.54. The Balaban J connectivity index is 3.19. The quantitative estimate of drug-likeness (QED) is 0.828. The van der Waals surface area contributed by atoms with E-state index in [1.54, 1.807) is 0 Å². The van der Waals surface area contributed by atoms with Gasteiger partial charge in [0.25, 0.3) is 0 Å². The largest absolute Gasteiger partial charge is 0.495 e. The predicted molar refractivity (Wildman–Crippen MR) is 74.4 cm³/mol. The van der Waals surface area contributed by atoms with E-state index in [0.29, 0.717) is 5.75 Å². The van der Waals surface area contributed by atoms with Gasteiger partial charge in [0, 0.05) is 21.2 Å². The van der Waals surface area contributed by atoms with Gasteiger partial charge in [-0.15, -0.1) is 0 Å². The maximum absolute atomic E-state index is 12.0. The van der Waals surface area contributed by atoms with Crippen LogP contribution in [0.25, 0.3) is 0 Å². The Hall–Kier alpha value is -1.64. The van der Waals surface area contributed by atoms with Crippen molar-refractivity contribution in [2.24, 2.45) is 0 Å². The van der Waals surface area contributed by atoms with Gasteiger partial charge in [-0.2, -0.15) is 0 Å². The Bertz CT molecular complexity index is 584. The molecule has 0 aliphatic rings. The number of nitrogens with zero attached hydrogens (tertiary/aromatic N) is 1. The van der Waals surface area contributed by atoms with Crippen molar-refractivity contribution in [2.75, 3.05) is 40.2 Å². The lowest BCUT2D eigenvalue weighted by atomic mass is 10.3. The summed E-state index contributed by atoms with van der Waals surface area (Å²) in [6.45, 7) is -0.131. The Kier molecular flexibility index (Phi) is 5.49. The Morgan fingerprint density at radius 2 is 1.95 bits per heavy atom. The van der Waals surface area contributed by atoms with Gasteiger partial charge in [0.15, 0.2) is 0 Å². The van der Waals surface area contributed by atoms with Crippen molar-refractivity contribution >= 4 is 21.6 Å². The first-order valence-corrected chi connectivity index (χ1v) is 7.16. The van der Waals surface area contributed by atoms with E-state index >= 15 is 0 Å². The molecule has 7 nitrogen and oxygen atoms in total. The summed E-state index contributed by atoms with van der Waals surface area (Å²) in [5.74, 6) is -0.0302. The first kappa shape index (κ1) is 16.4. The first-order chi connectivity index (χ1) is 9.32. The summed E-state index contributed by atoms with van der Waals surface area (Å²) >= 11 is 0. The van der Waals surface area contributed by atoms with Crippen molar-refractivity contribution in [1.29, 1.82) is 0 Å². The lowest BCUT2D eigenvalue weighted by Crippen LogP contribution is -2.23. The SMILES string of the molecule is COCC(=O)Nc1cc(S(=O)(=O)N(C)C)ccc1OC. The number of hydrogen-bond acceptors (Lipinski definition) is 5. The minimum absolute atomic E-state index is 0.0658. The molecule has 8 heteroatoms. The average Bonchev–Trinajstić information content (AvgIpc) is 2.38. The van der Waals surface area contributed by atoms with Crippen molar-refractivity contribution in [3.8, 4) is 5.75 Å². The van der Waals surface area contributed by atoms with Crippen LogP contribution >= 0.6 is 0 Å². The topological polar surface area (TPSA) is 84.9 Å². The highest BCUT2D eigenvalue weighted by Crippen LogP contribution is 2.28. The second-order valence-electron chi connectivity index (χ2n) is 4.13. The van der Waals surface area contributed by atoms with Crippen LogP contribution in [-0.2, 0) is 19.6 Å².